The highest BCUT2D eigenvalue weighted by Crippen LogP contribution is 2.35. The van der Waals surface area contributed by atoms with Crippen molar-refractivity contribution < 1.29 is 26.7 Å². The minimum Gasteiger partial charge on any atom is -0.487 e. The van der Waals surface area contributed by atoms with Crippen LogP contribution >= 0.6 is 15.9 Å². The summed E-state index contributed by atoms with van der Waals surface area (Å²) >= 11 is 3.14. The Morgan fingerprint density at radius 2 is 1.63 bits per heavy atom. The molecule has 0 fully saturated rings. The van der Waals surface area contributed by atoms with Gasteiger partial charge < -0.3 is 9.84 Å². The van der Waals surface area contributed by atoms with Crippen molar-refractivity contribution in [3.05, 3.63) is 59.7 Å². The van der Waals surface area contributed by atoms with Gasteiger partial charge in [0.15, 0.2) is 0 Å². The van der Waals surface area contributed by atoms with E-state index in [-0.39, 0.29) is 23.4 Å². The summed E-state index contributed by atoms with van der Waals surface area (Å²) in [6.45, 7) is 0.121. The van der Waals surface area contributed by atoms with Crippen molar-refractivity contribution in [2.75, 3.05) is 21.6 Å². The Kier molecular flexibility index (Phi) is 6.90. The average Bonchev–Trinajstić information content (AvgIpc) is 2.58. The number of sulfonamides is 2. The smallest absolute Gasteiger partial charge is 0.245 e. The fraction of sp³-hybridized carbons (Fsp3) is 0.294. The molecule has 1 N–H and O–H groups in total. The predicted molar refractivity (Wildman–Crippen MR) is 108 cm³/mol. The molecule has 0 amide bonds. The van der Waals surface area contributed by atoms with Crippen LogP contribution in [-0.2, 0) is 26.7 Å². The number of benzene rings is 2. The van der Waals surface area contributed by atoms with Crippen molar-refractivity contribution in [1.82, 2.24) is 0 Å². The molecule has 0 saturated carbocycles. The van der Waals surface area contributed by atoms with Crippen molar-refractivity contribution in [2.24, 2.45) is 0 Å². The molecule has 10 heteroatoms. The zero-order valence-corrected chi connectivity index (χ0v) is 18.0. The lowest BCUT2D eigenvalue weighted by atomic mass is 10.1. The topological polar surface area (TPSA) is 101 Å². The molecule has 2 aromatic rings. The van der Waals surface area contributed by atoms with E-state index in [9.17, 15) is 21.9 Å². The van der Waals surface area contributed by atoms with Gasteiger partial charge in [0, 0.05) is 5.33 Å². The van der Waals surface area contributed by atoms with Gasteiger partial charge in [0.2, 0.25) is 20.0 Å². The van der Waals surface area contributed by atoms with Gasteiger partial charge in [-0.2, -0.15) is 3.71 Å². The molecule has 0 aromatic heterocycles. The van der Waals surface area contributed by atoms with Crippen LogP contribution in [0.3, 0.4) is 0 Å². The Labute approximate surface area is 167 Å². The highest BCUT2D eigenvalue weighted by molar-refractivity contribution is 9.09. The molecule has 1 atom stereocenters. The molecule has 0 aliphatic heterocycles. The standard InChI is InChI=1S/C17H20BrNO6S2/c1-26(21,22)19(27(2,23)24)15-10-14(16(20)11-18)8-9-17(15)25-12-13-6-4-3-5-7-13/h3-10,16,20H,11-12H2,1-2H3/t16-/m0/s1. The zero-order valence-electron chi connectivity index (χ0n) is 14.7. The summed E-state index contributed by atoms with van der Waals surface area (Å²) in [7, 11) is -8.32. The van der Waals surface area contributed by atoms with E-state index in [0.717, 1.165) is 18.1 Å². The fourth-order valence-corrected chi connectivity index (χ4v) is 5.78. The van der Waals surface area contributed by atoms with Crippen molar-refractivity contribution in [3.8, 4) is 5.75 Å². The molecule has 0 heterocycles. The number of aliphatic hydroxyl groups excluding tert-OH is 1. The summed E-state index contributed by atoms with van der Waals surface area (Å²) in [5, 5.41) is 10.2. The third kappa shape index (κ3) is 5.68. The van der Waals surface area contributed by atoms with E-state index in [1.807, 2.05) is 30.3 Å². The van der Waals surface area contributed by atoms with Crippen LogP contribution in [0.25, 0.3) is 0 Å². The maximum Gasteiger partial charge on any atom is 0.245 e. The Morgan fingerprint density at radius 1 is 1.04 bits per heavy atom. The monoisotopic (exact) mass is 477 g/mol. The Bertz CT molecular complexity index is 961. The lowest BCUT2D eigenvalue weighted by molar-refractivity contribution is 0.205. The molecule has 7 nitrogen and oxygen atoms in total. The number of rotatable bonds is 8. The van der Waals surface area contributed by atoms with Crippen LogP contribution in [0.1, 0.15) is 17.2 Å². The molecule has 0 saturated heterocycles. The van der Waals surface area contributed by atoms with E-state index < -0.39 is 26.2 Å². The molecule has 0 aliphatic carbocycles. The van der Waals surface area contributed by atoms with Crippen molar-refractivity contribution in [2.45, 2.75) is 12.7 Å². The minimum atomic E-state index is -4.16. The molecule has 0 radical (unpaired) electrons. The van der Waals surface area contributed by atoms with E-state index in [0.29, 0.717) is 9.27 Å². The molecule has 0 unspecified atom stereocenters. The first-order valence-corrected chi connectivity index (χ1v) is 12.6. The van der Waals surface area contributed by atoms with E-state index >= 15 is 0 Å². The molecule has 148 valence electrons. The van der Waals surface area contributed by atoms with E-state index in [1.165, 1.54) is 12.1 Å². The number of anilines is 1. The quantitative estimate of drug-likeness (QED) is 0.585. The number of ether oxygens (including phenoxy) is 1. The largest absolute Gasteiger partial charge is 0.487 e. The van der Waals surface area contributed by atoms with Gasteiger partial charge in [-0.1, -0.05) is 52.3 Å². The summed E-state index contributed by atoms with van der Waals surface area (Å²) in [5.41, 5.74) is 1.01. The van der Waals surface area contributed by atoms with Crippen LogP contribution in [0.4, 0.5) is 5.69 Å². The first-order chi connectivity index (χ1) is 12.5. The van der Waals surface area contributed by atoms with Gasteiger partial charge in [-0.05, 0) is 23.3 Å². The summed E-state index contributed by atoms with van der Waals surface area (Å²) in [5.74, 6) is 0.0697. The lowest BCUT2D eigenvalue weighted by Crippen LogP contribution is -2.35. The SMILES string of the molecule is CS(=O)(=O)N(c1cc([C@@H](O)CBr)ccc1OCc1ccccc1)S(C)(=O)=O. The van der Waals surface area contributed by atoms with Crippen LogP contribution in [0.2, 0.25) is 0 Å². The third-order valence-corrected chi connectivity index (χ3v) is 7.39. The summed E-state index contributed by atoms with van der Waals surface area (Å²) in [4.78, 5) is 0. The molecular weight excluding hydrogens is 458 g/mol. The van der Waals surface area contributed by atoms with Gasteiger partial charge in [0.1, 0.15) is 18.0 Å². The number of hydrogen-bond acceptors (Lipinski definition) is 6. The second-order valence-electron chi connectivity index (χ2n) is 5.89. The van der Waals surface area contributed by atoms with Gasteiger partial charge in [-0.3, -0.25) is 0 Å². The zero-order chi connectivity index (χ0) is 20.2. The summed E-state index contributed by atoms with van der Waals surface area (Å²) < 4.78 is 54.7. The number of alkyl halides is 1. The van der Waals surface area contributed by atoms with Crippen LogP contribution in [0.5, 0.6) is 5.75 Å². The van der Waals surface area contributed by atoms with Gasteiger partial charge >= 0.3 is 0 Å². The Hall–Kier alpha value is -1.62. The van der Waals surface area contributed by atoms with Crippen LogP contribution < -0.4 is 8.45 Å². The summed E-state index contributed by atoms with van der Waals surface area (Å²) in [6, 6.07) is 13.5. The molecule has 0 spiro atoms. The van der Waals surface area contributed by atoms with Crippen LogP contribution in [0, 0.1) is 0 Å². The second-order valence-corrected chi connectivity index (χ2v) is 10.4. The van der Waals surface area contributed by atoms with E-state index in [4.69, 9.17) is 4.74 Å². The normalized spacial score (nSPS) is 13.2. The number of hydrogen-bond donors (Lipinski definition) is 1. The first kappa shape index (κ1) is 21.7. The minimum absolute atomic E-state index is 0.0697. The summed E-state index contributed by atoms with van der Waals surface area (Å²) in [6.07, 6.45) is 0.651. The Balaban J connectivity index is 2.55. The fourth-order valence-electron chi connectivity index (χ4n) is 2.43. The number of nitrogens with zero attached hydrogens (tertiary/aromatic N) is 1. The molecular formula is C17H20BrNO6S2. The molecule has 2 aromatic carbocycles. The number of halogens is 1. The van der Waals surface area contributed by atoms with Gasteiger partial charge in [-0.25, -0.2) is 16.8 Å². The maximum atomic E-state index is 12.2. The lowest BCUT2D eigenvalue weighted by Gasteiger charge is -2.24. The van der Waals surface area contributed by atoms with Crippen LogP contribution in [0.15, 0.2) is 48.5 Å². The van der Waals surface area contributed by atoms with Crippen molar-refractivity contribution >= 4 is 41.7 Å². The third-order valence-electron chi connectivity index (χ3n) is 3.55. The molecule has 27 heavy (non-hydrogen) atoms. The number of aliphatic hydroxyl groups is 1. The highest BCUT2D eigenvalue weighted by Gasteiger charge is 2.31. The first-order valence-electron chi connectivity index (χ1n) is 7.79. The maximum absolute atomic E-state index is 12.2. The van der Waals surface area contributed by atoms with E-state index in [1.54, 1.807) is 6.07 Å². The van der Waals surface area contributed by atoms with Crippen LogP contribution in [-0.4, -0.2) is 39.8 Å². The molecule has 0 bridgehead atoms. The predicted octanol–water partition coefficient (Wildman–Crippen LogP) is 2.42. The van der Waals surface area contributed by atoms with Gasteiger partial charge in [0.25, 0.3) is 0 Å². The van der Waals surface area contributed by atoms with Crippen molar-refractivity contribution in [3.63, 3.8) is 0 Å². The highest BCUT2D eigenvalue weighted by atomic mass is 79.9. The van der Waals surface area contributed by atoms with E-state index in [2.05, 4.69) is 15.9 Å². The molecule has 0 aliphatic rings. The molecule has 2 rings (SSSR count). The van der Waals surface area contributed by atoms with Crippen molar-refractivity contribution in [1.29, 1.82) is 0 Å². The Morgan fingerprint density at radius 3 is 2.15 bits per heavy atom. The van der Waals surface area contributed by atoms with Gasteiger partial charge in [0.05, 0.1) is 18.6 Å². The average molecular weight is 478 g/mol. The second kappa shape index (κ2) is 8.59. The van der Waals surface area contributed by atoms with Gasteiger partial charge in [-0.15, -0.1) is 0 Å².